The molecule has 1 aromatic heterocycles. The Kier molecular flexibility index (Phi) is 3.78. The average molecular weight is 320 g/mol. The summed E-state index contributed by atoms with van der Waals surface area (Å²) in [4.78, 5) is 18.9. The second-order valence-corrected chi connectivity index (χ2v) is 6.30. The van der Waals surface area contributed by atoms with Crippen LogP contribution in [-0.4, -0.2) is 39.5 Å². The van der Waals surface area contributed by atoms with E-state index < -0.39 is 0 Å². The van der Waals surface area contributed by atoms with Crippen molar-refractivity contribution in [2.45, 2.75) is 18.9 Å². The maximum atomic E-state index is 12.6. The van der Waals surface area contributed by atoms with Crippen molar-refractivity contribution >= 4 is 16.9 Å². The highest BCUT2D eigenvalue weighted by molar-refractivity contribution is 5.94. The Balaban J connectivity index is 1.59. The van der Waals surface area contributed by atoms with Crippen LogP contribution < -0.4 is 5.73 Å². The number of likely N-dealkylation sites (tertiary alicyclic amines) is 1. The maximum absolute atomic E-state index is 12.6. The van der Waals surface area contributed by atoms with Gasteiger partial charge in [0, 0.05) is 30.4 Å². The largest absolute Gasteiger partial charge is 0.337 e. The number of fused-ring (bicyclic) bond motifs is 1. The van der Waals surface area contributed by atoms with Gasteiger partial charge in [0.2, 0.25) is 0 Å². The van der Waals surface area contributed by atoms with Crippen molar-refractivity contribution < 1.29 is 4.79 Å². The van der Waals surface area contributed by atoms with E-state index in [0.29, 0.717) is 12.1 Å². The zero-order chi connectivity index (χ0) is 16.5. The smallest absolute Gasteiger partial charge is 0.253 e. The first-order valence-corrected chi connectivity index (χ1v) is 8.30. The summed E-state index contributed by atoms with van der Waals surface area (Å²) in [5.74, 6) is 0.0622. The molecule has 2 aromatic carbocycles. The third-order valence-electron chi connectivity index (χ3n) is 4.59. The van der Waals surface area contributed by atoms with Crippen molar-refractivity contribution in [1.29, 1.82) is 0 Å². The quantitative estimate of drug-likeness (QED) is 0.789. The molecule has 5 heteroatoms. The van der Waals surface area contributed by atoms with Crippen LogP contribution in [0.1, 0.15) is 23.2 Å². The molecule has 4 rings (SSSR count). The van der Waals surface area contributed by atoms with Crippen LogP contribution in [0.3, 0.4) is 0 Å². The molecule has 1 aliphatic heterocycles. The summed E-state index contributed by atoms with van der Waals surface area (Å²) >= 11 is 0. The number of carbonyl (C=O) groups is 1. The third-order valence-corrected chi connectivity index (χ3v) is 4.59. The van der Waals surface area contributed by atoms with Crippen molar-refractivity contribution in [1.82, 2.24) is 14.5 Å². The van der Waals surface area contributed by atoms with Crippen LogP contribution in [0.15, 0.2) is 54.9 Å². The molecule has 0 radical (unpaired) electrons. The van der Waals surface area contributed by atoms with Crippen molar-refractivity contribution in [2.24, 2.45) is 5.73 Å². The molecule has 2 heterocycles. The van der Waals surface area contributed by atoms with E-state index in [1.807, 2.05) is 64.3 Å². The summed E-state index contributed by atoms with van der Waals surface area (Å²) in [6, 6.07) is 15.8. The highest BCUT2D eigenvalue weighted by Crippen LogP contribution is 2.19. The van der Waals surface area contributed by atoms with Gasteiger partial charge in [-0.3, -0.25) is 9.36 Å². The maximum Gasteiger partial charge on any atom is 0.253 e. The molecule has 0 spiro atoms. The summed E-state index contributed by atoms with van der Waals surface area (Å²) in [5, 5.41) is 0. The fourth-order valence-corrected chi connectivity index (χ4v) is 3.31. The van der Waals surface area contributed by atoms with Gasteiger partial charge in [-0.1, -0.05) is 12.1 Å². The standard InChI is InChI=1S/C19H20N4O/c20-15-4-3-11-22(12-15)19(24)14-7-9-16(10-8-14)23-13-21-17-5-1-2-6-18(17)23/h1-2,5-10,13,15H,3-4,11-12,20H2. The highest BCUT2D eigenvalue weighted by Gasteiger charge is 2.22. The van der Waals surface area contributed by atoms with Crippen LogP contribution in [0.5, 0.6) is 0 Å². The van der Waals surface area contributed by atoms with Crippen LogP contribution in [0.4, 0.5) is 0 Å². The lowest BCUT2D eigenvalue weighted by atomic mass is 10.1. The number of para-hydroxylation sites is 2. The van der Waals surface area contributed by atoms with Crippen molar-refractivity contribution in [2.75, 3.05) is 13.1 Å². The van der Waals surface area contributed by atoms with Crippen LogP contribution in [-0.2, 0) is 0 Å². The fourth-order valence-electron chi connectivity index (χ4n) is 3.31. The molecule has 2 N–H and O–H groups in total. The van der Waals surface area contributed by atoms with E-state index in [4.69, 9.17) is 5.73 Å². The predicted octanol–water partition coefficient (Wildman–Crippen LogP) is 2.59. The molecular formula is C19H20N4O. The number of hydrogen-bond donors (Lipinski definition) is 1. The first-order chi connectivity index (χ1) is 11.7. The normalized spacial score (nSPS) is 18.0. The van der Waals surface area contributed by atoms with E-state index in [1.165, 1.54) is 0 Å². The van der Waals surface area contributed by atoms with E-state index in [-0.39, 0.29) is 11.9 Å². The van der Waals surface area contributed by atoms with Crippen molar-refractivity contribution in [3.63, 3.8) is 0 Å². The van der Waals surface area contributed by atoms with E-state index in [0.717, 1.165) is 36.1 Å². The van der Waals surface area contributed by atoms with Crippen LogP contribution >= 0.6 is 0 Å². The van der Waals surface area contributed by atoms with Gasteiger partial charge < -0.3 is 10.6 Å². The second-order valence-electron chi connectivity index (χ2n) is 6.30. The molecule has 122 valence electrons. The lowest BCUT2D eigenvalue weighted by Gasteiger charge is -2.30. The molecule has 0 saturated carbocycles. The van der Waals surface area contributed by atoms with E-state index in [1.54, 1.807) is 0 Å². The van der Waals surface area contributed by atoms with Gasteiger partial charge in [-0.2, -0.15) is 0 Å². The second kappa shape index (κ2) is 6.09. The summed E-state index contributed by atoms with van der Waals surface area (Å²) in [6.45, 7) is 1.44. The molecule has 1 aliphatic rings. The van der Waals surface area contributed by atoms with E-state index in [2.05, 4.69) is 4.98 Å². The number of rotatable bonds is 2. The van der Waals surface area contributed by atoms with E-state index in [9.17, 15) is 4.79 Å². The summed E-state index contributed by atoms with van der Waals surface area (Å²) < 4.78 is 2.03. The van der Waals surface area contributed by atoms with E-state index >= 15 is 0 Å². The van der Waals surface area contributed by atoms with Gasteiger partial charge in [0.25, 0.3) is 5.91 Å². The number of carbonyl (C=O) groups excluding carboxylic acids is 1. The van der Waals surface area contributed by atoms with Gasteiger partial charge in [0.05, 0.1) is 11.0 Å². The molecule has 3 aromatic rings. The Morgan fingerprint density at radius 2 is 1.92 bits per heavy atom. The average Bonchev–Trinajstić information content (AvgIpc) is 3.05. The van der Waals surface area contributed by atoms with Gasteiger partial charge in [0.1, 0.15) is 6.33 Å². The lowest BCUT2D eigenvalue weighted by Crippen LogP contribution is -2.45. The first-order valence-electron chi connectivity index (χ1n) is 8.30. The Bertz CT molecular complexity index is 868. The fraction of sp³-hybridized carbons (Fsp3) is 0.263. The number of nitrogens with zero attached hydrogens (tertiary/aromatic N) is 3. The number of amides is 1. The van der Waals surface area contributed by atoms with Crippen LogP contribution in [0, 0.1) is 0 Å². The Labute approximate surface area is 140 Å². The number of hydrogen-bond acceptors (Lipinski definition) is 3. The molecular weight excluding hydrogens is 300 g/mol. The third kappa shape index (κ3) is 2.67. The topological polar surface area (TPSA) is 64.2 Å². The monoisotopic (exact) mass is 320 g/mol. The summed E-state index contributed by atoms with van der Waals surface area (Å²) in [6.07, 6.45) is 3.79. The van der Waals surface area contributed by atoms with Gasteiger partial charge in [-0.25, -0.2) is 4.98 Å². The molecule has 1 amide bonds. The minimum Gasteiger partial charge on any atom is -0.337 e. The zero-order valence-electron chi connectivity index (χ0n) is 13.4. The van der Waals surface area contributed by atoms with Crippen molar-refractivity contribution in [3.05, 3.63) is 60.4 Å². The molecule has 1 atom stereocenters. The number of piperidine rings is 1. The number of benzene rings is 2. The summed E-state index contributed by atoms with van der Waals surface area (Å²) in [5.41, 5.74) is 9.69. The van der Waals surface area contributed by atoms with Crippen molar-refractivity contribution in [3.8, 4) is 5.69 Å². The molecule has 24 heavy (non-hydrogen) atoms. The Hall–Kier alpha value is -2.66. The highest BCUT2D eigenvalue weighted by atomic mass is 16.2. The molecule has 1 unspecified atom stereocenters. The Morgan fingerprint density at radius 3 is 2.71 bits per heavy atom. The predicted molar refractivity (Wildman–Crippen MR) is 94.2 cm³/mol. The van der Waals surface area contributed by atoms with Gasteiger partial charge in [-0.05, 0) is 49.2 Å². The zero-order valence-corrected chi connectivity index (χ0v) is 13.4. The minimum absolute atomic E-state index is 0.0622. The lowest BCUT2D eigenvalue weighted by molar-refractivity contribution is 0.0709. The van der Waals surface area contributed by atoms with Gasteiger partial charge >= 0.3 is 0 Å². The first kappa shape index (κ1) is 14.9. The van der Waals surface area contributed by atoms with Gasteiger partial charge in [0.15, 0.2) is 0 Å². The SMILES string of the molecule is NC1CCCN(C(=O)c2ccc(-n3cnc4ccccc43)cc2)C1. The summed E-state index contributed by atoms with van der Waals surface area (Å²) in [7, 11) is 0. The molecule has 1 saturated heterocycles. The molecule has 5 nitrogen and oxygen atoms in total. The Morgan fingerprint density at radius 1 is 1.12 bits per heavy atom. The van der Waals surface area contributed by atoms with Crippen LogP contribution in [0.25, 0.3) is 16.7 Å². The minimum atomic E-state index is 0.0622. The number of nitrogens with two attached hydrogens (primary N) is 1. The number of imidazole rings is 1. The number of aromatic nitrogens is 2. The van der Waals surface area contributed by atoms with Gasteiger partial charge in [-0.15, -0.1) is 0 Å². The van der Waals surface area contributed by atoms with Crippen LogP contribution in [0.2, 0.25) is 0 Å². The molecule has 0 aliphatic carbocycles. The molecule has 1 fully saturated rings. The molecule has 0 bridgehead atoms.